The molecule has 0 heterocycles. The molecule has 2 heteroatoms. The Balaban J connectivity index is 2.12. The molecule has 3 aromatic carbocycles. The molecule has 0 aromatic heterocycles. The van der Waals surface area contributed by atoms with Crippen molar-refractivity contribution < 1.29 is 0 Å². The molecule has 0 fully saturated rings. The van der Waals surface area contributed by atoms with Crippen LogP contribution in [-0.2, 0) is 0 Å². The van der Waals surface area contributed by atoms with Crippen LogP contribution in [0, 0.1) is 0 Å². The van der Waals surface area contributed by atoms with Crippen LogP contribution in [0.15, 0.2) is 72.8 Å². The van der Waals surface area contributed by atoms with Crippen molar-refractivity contribution in [2.75, 3.05) is 0 Å². The van der Waals surface area contributed by atoms with E-state index in [0.717, 1.165) is 33.2 Å². The molecule has 0 aliphatic carbocycles. The van der Waals surface area contributed by atoms with Gasteiger partial charge in [-0.3, -0.25) is 0 Å². The molecule has 0 bridgehead atoms. The fourth-order valence-electron chi connectivity index (χ4n) is 2.37. The third kappa shape index (κ3) is 2.42. The van der Waals surface area contributed by atoms with Crippen molar-refractivity contribution in [2.24, 2.45) is 0 Å². The molecule has 0 aliphatic heterocycles. The molecule has 0 unspecified atom stereocenters. The van der Waals surface area contributed by atoms with Crippen molar-refractivity contribution in [3.05, 3.63) is 72.8 Å². The second kappa shape index (κ2) is 5.42. The summed E-state index contributed by atoms with van der Waals surface area (Å²) in [5, 5.41) is 0. The van der Waals surface area contributed by atoms with Gasteiger partial charge in [0.25, 0.3) is 0 Å². The maximum absolute atomic E-state index is 6.05. The van der Waals surface area contributed by atoms with Crippen molar-refractivity contribution in [2.45, 2.75) is 0 Å². The summed E-state index contributed by atoms with van der Waals surface area (Å²) in [7, 11) is 12.1. The van der Waals surface area contributed by atoms with Crippen LogP contribution in [0.4, 0.5) is 0 Å². The highest BCUT2D eigenvalue weighted by Crippen LogP contribution is 2.24. The largest absolute Gasteiger partial charge is 0.114 e. The van der Waals surface area contributed by atoms with Crippen LogP contribution in [0.3, 0.4) is 0 Å². The molecule has 90 valence electrons. The highest BCUT2D eigenvalue weighted by molar-refractivity contribution is 6.36. The fraction of sp³-hybridized carbons (Fsp3) is 0. The van der Waals surface area contributed by atoms with Gasteiger partial charge in [-0.1, -0.05) is 77.7 Å². The minimum Gasteiger partial charge on any atom is -0.0890 e. The highest BCUT2D eigenvalue weighted by atomic mass is 14.1. The van der Waals surface area contributed by atoms with E-state index in [2.05, 4.69) is 18.2 Å². The number of rotatable bonds is 2. The summed E-state index contributed by atoms with van der Waals surface area (Å²) in [6.45, 7) is 0. The topological polar surface area (TPSA) is 0 Å². The summed E-state index contributed by atoms with van der Waals surface area (Å²) < 4.78 is 0. The molecule has 0 nitrogen and oxygen atoms in total. The predicted octanol–water partition coefficient (Wildman–Crippen LogP) is 2.61. The molecule has 3 rings (SSSR count). The Kier molecular flexibility index (Phi) is 3.47. The normalized spacial score (nSPS) is 10.4. The quantitative estimate of drug-likeness (QED) is 0.613. The average Bonchev–Trinajstić information content (AvgIpc) is 2.48. The SMILES string of the molecule is [B]c1ccccc1-c1cccc(-c2ccccc2[B])c1. The van der Waals surface area contributed by atoms with Crippen LogP contribution in [0.5, 0.6) is 0 Å². The highest BCUT2D eigenvalue weighted by Gasteiger charge is 2.04. The van der Waals surface area contributed by atoms with Crippen LogP contribution >= 0.6 is 0 Å². The van der Waals surface area contributed by atoms with Gasteiger partial charge >= 0.3 is 0 Å². The van der Waals surface area contributed by atoms with Crippen molar-refractivity contribution >= 4 is 26.6 Å². The second-order valence-corrected chi connectivity index (χ2v) is 4.76. The van der Waals surface area contributed by atoms with E-state index in [-0.39, 0.29) is 0 Å². The van der Waals surface area contributed by atoms with Crippen molar-refractivity contribution in [1.29, 1.82) is 0 Å². The molecule has 0 aliphatic rings. The van der Waals surface area contributed by atoms with Gasteiger partial charge in [0, 0.05) is 0 Å². The van der Waals surface area contributed by atoms with E-state index in [9.17, 15) is 0 Å². The summed E-state index contributed by atoms with van der Waals surface area (Å²) in [4.78, 5) is 0. The molecule has 0 spiro atoms. The molecule has 0 saturated carbocycles. The Labute approximate surface area is 122 Å². The van der Waals surface area contributed by atoms with Gasteiger partial charge in [-0.2, -0.15) is 0 Å². The molecule has 0 saturated heterocycles. The zero-order valence-electron chi connectivity index (χ0n) is 11.1. The van der Waals surface area contributed by atoms with E-state index in [1.807, 2.05) is 54.6 Å². The van der Waals surface area contributed by atoms with E-state index in [0.29, 0.717) is 0 Å². The van der Waals surface area contributed by atoms with E-state index in [1.54, 1.807) is 0 Å². The molecular weight excluding hydrogens is 238 g/mol. The minimum atomic E-state index is 0.783. The van der Waals surface area contributed by atoms with Crippen molar-refractivity contribution in [1.82, 2.24) is 0 Å². The number of hydrogen-bond donors (Lipinski definition) is 0. The predicted molar refractivity (Wildman–Crippen MR) is 88.1 cm³/mol. The van der Waals surface area contributed by atoms with E-state index < -0.39 is 0 Å². The zero-order valence-corrected chi connectivity index (χ0v) is 11.1. The monoisotopic (exact) mass is 250 g/mol. The van der Waals surface area contributed by atoms with Crippen LogP contribution in [0.2, 0.25) is 0 Å². The van der Waals surface area contributed by atoms with Crippen LogP contribution in [0.1, 0.15) is 0 Å². The maximum Gasteiger partial charge on any atom is 0.114 e. The van der Waals surface area contributed by atoms with Gasteiger partial charge in [0.15, 0.2) is 0 Å². The van der Waals surface area contributed by atoms with Crippen molar-refractivity contribution in [3.63, 3.8) is 0 Å². The average molecular weight is 250 g/mol. The van der Waals surface area contributed by atoms with E-state index in [4.69, 9.17) is 15.7 Å². The first kappa shape index (κ1) is 12.8. The van der Waals surface area contributed by atoms with Crippen LogP contribution in [0.25, 0.3) is 22.3 Å². The molecule has 0 N–H and O–H groups in total. The lowest BCUT2D eigenvalue weighted by molar-refractivity contribution is 1.62. The van der Waals surface area contributed by atoms with E-state index in [1.165, 1.54) is 0 Å². The van der Waals surface area contributed by atoms with Crippen molar-refractivity contribution in [3.8, 4) is 22.3 Å². The van der Waals surface area contributed by atoms with Gasteiger partial charge in [0.05, 0.1) is 0 Å². The summed E-state index contributed by atoms with van der Waals surface area (Å²) in [6, 6.07) is 24.0. The lowest BCUT2D eigenvalue weighted by atomic mass is 9.84. The summed E-state index contributed by atoms with van der Waals surface area (Å²) in [5.41, 5.74) is 5.86. The third-order valence-electron chi connectivity index (χ3n) is 3.41. The van der Waals surface area contributed by atoms with Crippen LogP contribution in [-0.4, -0.2) is 15.7 Å². The Morgan fingerprint density at radius 1 is 0.500 bits per heavy atom. The summed E-state index contributed by atoms with van der Waals surface area (Å²) in [6.07, 6.45) is 0. The number of hydrogen-bond acceptors (Lipinski definition) is 0. The van der Waals surface area contributed by atoms with Gasteiger partial charge in [0.1, 0.15) is 15.7 Å². The first-order valence-electron chi connectivity index (χ1n) is 6.55. The summed E-state index contributed by atoms with van der Waals surface area (Å²) >= 11 is 0. The van der Waals surface area contributed by atoms with Gasteiger partial charge < -0.3 is 0 Å². The number of benzene rings is 3. The smallest absolute Gasteiger partial charge is 0.0890 e. The van der Waals surface area contributed by atoms with Crippen LogP contribution < -0.4 is 10.9 Å². The molecule has 4 radical (unpaired) electrons. The van der Waals surface area contributed by atoms with Gasteiger partial charge in [-0.25, -0.2) is 0 Å². The van der Waals surface area contributed by atoms with Gasteiger partial charge in [-0.05, 0) is 28.3 Å². The Morgan fingerprint density at radius 3 is 1.40 bits per heavy atom. The van der Waals surface area contributed by atoms with E-state index >= 15 is 0 Å². The molecule has 20 heavy (non-hydrogen) atoms. The lowest BCUT2D eigenvalue weighted by Gasteiger charge is -2.10. The minimum absolute atomic E-state index is 0.783. The maximum atomic E-state index is 6.05. The standard InChI is InChI=1S/C18H12B2/c19-17-10-3-1-8-15(17)13-6-5-7-14(12-13)16-9-2-4-11-18(16)20/h1-12H. The third-order valence-corrected chi connectivity index (χ3v) is 3.41. The lowest BCUT2D eigenvalue weighted by Crippen LogP contribution is -2.07. The molecular formula is C18H12B2. The molecule has 3 aromatic rings. The Morgan fingerprint density at radius 2 is 0.950 bits per heavy atom. The first-order valence-corrected chi connectivity index (χ1v) is 6.55. The Hall–Kier alpha value is -2.21. The second-order valence-electron chi connectivity index (χ2n) is 4.76. The first-order chi connectivity index (χ1) is 9.75. The Bertz CT molecular complexity index is 687. The fourth-order valence-corrected chi connectivity index (χ4v) is 2.37. The summed E-state index contributed by atoms with van der Waals surface area (Å²) in [5.74, 6) is 0. The zero-order chi connectivity index (χ0) is 13.9. The molecule has 0 atom stereocenters. The van der Waals surface area contributed by atoms with Gasteiger partial charge in [-0.15, -0.1) is 0 Å². The molecule has 0 amide bonds. The van der Waals surface area contributed by atoms with Gasteiger partial charge in [0.2, 0.25) is 0 Å².